The molecule has 0 aliphatic rings. The summed E-state index contributed by atoms with van der Waals surface area (Å²) in [5, 5.41) is 15.5. The summed E-state index contributed by atoms with van der Waals surface area (Å²) in [6, 6.07) is 11.3. The number of hydrogen-bond donors (Lipinski definition) is 1. The Morgan fingerprint density at radius 1 is 1.22 bits per heavy atom. The van der Waals surface area contributed by atoms with Crippen LogP contribution in [0.1, 0.15) is 47.3 Å². The molecule has 0 amide bonds. The van der Waals surface area contributed by atoms with Crippen LogP contribution in [-0.4, -0.2) is 25.8 Å². The summed E-state index contributed by atoms with van der Waals surface area (Å²) in [4.78, 5) is 18.3. The Bertz CT molecular complexity index is 1310. The van der Waals surface area contributed by atoms with E-state index in [1.165, 1.54) is 0 Å². The van der Waals surface area contributed by atoms with Crippen molar-refractivity contribution in [3.8, 4) is 0 Å². The summed E-state index contributed by atoms with van der Waals surface area (Å²) in [6.07, 6.45) is 0. The maximum absolute atomic E-state index is 12.0. The van der Waals surface area contributed by atoms with E-state index in [1.54, 1.807) is 0 Å². The Morgan fingerprint density at radius 3 is 2.53 bits per heavy atom. The Kier molecular flexibility index (Phi) is 6.01. The first kappa shape index (κ1) is 22.4. The molecule has 4 rings (SSSR count). The van der Waals surface area contributed by atoms with Gasteiger partial charge in [0, 0.05) is 27.8 Å². The molecule has 0 unspecified atom stereocenters. The first-order valence-electron chi connectivity index (χ1n) is 10.1. The average Bonchev–Trinajstić information content (AvgIpc) is 3.28. The second kappa shape index (κ2) is 8.60. The van der Waals surface area contributed by atoms with Gasteiger partial charge in [-0.25, -0.2) is 9.78 Å². The molecule has 2 aromatic heterocycles. The zero-order valence-corrected chi connectivity index (χ0v) is 20.4. The Morgan fingerprint density at radius 2 is 1.91 bits per heavy atom. The van der Waals surface area contributed by atoms with Crippen molar-refractivity contribution in [1.29, 1.82) is 0 Å². The van der Waals surface area contributed by atoms with Gasteiger partial charge in [-0.15, -0.1) is 0 Å². The third kappa shape index (κ3) is 3.89. The van der Waals surface area contributed by atoms with Crippen LogP contribution in [0.15, 0.2) is 45.7 Å². The van der Waals surface area contributed by atoms with E-state index in [-0.39, 0.29) is 18.3 Å². The lowest BCUT2D eigenvalue weighted by atomic mass is 10.1. The summed E-state index contributed by atoms with van der Waals surface area (Å²) in [5.74, 6) is -1.07. The SMILES string of the molecule is Cc1noc2ccc(N(Cc3c(C(=O)O)nc(Br)n3C(C)C)c3ccc(Cl)cc3)c(C)c12. The third-order valence-corrected chi connectivity index (χ3v) is 6.28. The van der Waals surface area contributed by atoms with Crippen molar-refractivity contribution in [2.75, 3.05) is 4.90 Å². The van der Waals surface area contributed by atoms with Crippen LogP contribution in [0, 0.1) is 13.8 Å². The molecule has 0 aliphatic carbocycles. The Hall–Kier alpha value is -2.84. The van der Waals surface area contributed by atoms with Crippen LogP contribution in [0.4, 0.5) is 11.4 Å². The standard InChI is InChI=1S/C23H22BrClN4O3/c1-12(2)29-18(21(22(30)31)26-23(29)24)11-28(16-7-5-15(25)6-8-16)17-9-10-19-20(13(17)3)14(4)27-32-19/h5-10,12H,11H2,1-4H3,(H,30,31). The monoisotopic (exact) mass is 516 g/mol. The van der Waals surface area contributed by atoms with E-state index >= 15 is 0 Å². The molecule has 0 fully saturated rings. The predicted molar refractivity (Wildman–Crippen MR) is 128 cm³/mol. The van der Waals surface area contributed by atoms with Crippen LogP contribution < -0.4 is 4.90 Å². The highest BCUT2D eigenvalue weighted by Crippen LogP contribution is 2.37. The number of benzene rings is 2. The summed E-state index contributed by atoms with van der Waals surface area (Å²) in [5.41, 5.74) is 4.89. The van der Waals surface area contributed by atoms with E-state index in [0.29, 0.717) is 21.0 Å². The number of rotatable bonds is 6. The molecule has 2 heterocycles. The average molecular weight is 518 g/mol. The molecular weight excluding hydrogens is 496 g/mol. The van der Waals surface area contributed by atoms with Crippen LogP contribution in [0.5, 0.6) is 0 Å². The van der Waals surface area contributed by atoms with Gasteiger partial charge < -0.3 is 19.1 Å². The van der Waals surface area contributed by atoms with Gasteiger partial charge in [-0.1, -0.05) is 16.8 Å². The van der Waals surface area contributed by atoms with Gasteiger partial charge in [-0.3, -0.25) is 0 Å². The van der Waals surface area contributed by atoms with Crippen LogP contribution in [0.3, 0.4) is 0 Å². The van der Waals surface area contributed by atoms with Crippen molar-refractivity contribution in [2.45, 2.75) is 40.3 Å². The summed E-state index contributed by atoms with van der Waals surface area (Å²) < 4.78 is 7.80. The lowest BCUT2D eigenvalue weighted by Crippen LogP contribution is -2.22. The molecule has 32 heavy (non-hydrogen) atoms. The highest BCUT2D eigenvalue weighted by molar-refractivity contribution is 9.10. The van der Waals surface area contributed by atoms with Gasteiger partial charge in [-0.05, 0) is 85.6 Å². The topological polar surface area (TPSA) is 84.4 Å². The second-order valence-electron chi connectivity index (χ2n) is 7.86. The van der Waals surface area contributed by atoms with Gasteiger partial charge in [0.2, 0.25) is 0 Å². The lowest BCUT2D eigenvalue weighted by Gasteiger charge is -2.28. The molecule has 0 saturated carbocycles. The fourth-order valence-corrected chi connectivity index (χ4v) is 4.95. The molecule has 2 aromatic carbocycles. The maximum Gasteiger partial charge on any atom is 0.356 e. The third-order valence-electron chi connectivity index (χ3n) is 5.46. The molecule has 7 nitrogen and oxygen atoms in total. The van der Waals surface area contributed by atoms with Gasteiger partial charge in [0.15, 0.2) is 16.0 Å². The Balaban J connectivity index is 1.94. The molecular formula is C23H22BrClN4O3. The van der Waals surface area contributed by atoms with E-state index in [0.717, 1.165) is 28.0 Å². The number of aromatic nitrogens is 3. The number of halogens is 2. The van der Waals surface area contributed by atoms with Gasteiger partial charge >= 0.3 is 5.97 Å². The number of carbonyl (C=O) groups is 1. The number of aryl methyl sites for hydroxylation is 2. The van der Waals surface area contributed by atoms with E-state index in [1.807, 2.05) is 68.7 Å². The van der Waals surface area contributed by atoms with Gasteiger partial charge in [0.25, 0.3) is 0 Å². The quantitative estimate of drug-likeness (QED) is 0.307. The number of fused-ring (bicyclic) bond motifs is 1. The summed E-state index contributed by atoms with van der Waals surface area (Å²) >= 11 is 9.57. The number of carboxylic acids is 1. The van der Waals surface area contributed by atoms with Crippen molar-refractivity contribution < 1.29 is 14.4 Å². The zero-order valence-electron chi connectivity index (χ0n) is 18.1. The summed E-state index contributed by atoms with van der Waals surface area (Å²) in [6.45, 7) is 8.19. The van der Waals surface area contributed by atoms with Crippen LogP contribution >= 0.6 is 27.5 Å². The number of hydrogen-bond acceptors (Lipinski definition) is 5. The van der Waals surface area contributed by atoms with Crippen molar-refractivity contribution in [3.05, 3.63) is 68.8 Å². The fourth-order valence-electron chi connectivity index (χ4n) is 4.03. The van der Waals surface area contributed by atoms with Gasteiger partial charge in [-0.2, -0.15) is 0 Å². The fraction of sp³-hybridized carbons (Fsp3) is 0.261. The molecule has 0 bridgehead atoms. The number of carboxylic acid groups (broad SMARTS) is 1. The number of nitrogens with zero attached hydrogens (tertiary/aromatic N) is 4. The maximum atomic E-state index is 12.0. The van der Waals surface area contributed by atoms with Crippen molar-refractivity contribution in [2.24, 2.45) is 0 Å². The van der Waals surface area contributed by atoms with Crippen LogP contribution in [0.25, 0.3) is 11.0 Å². The molecule has 0 radical (unpaired) electrons. The lowest BCUT2D eigenvalue weighted by molar-refractivity contribution is 0.0689. The number of anilines is 2. The van der Waals surface area contributed by atoms with E-state index in [9.17, 15) is 9.90 Å². The first-order valence-corrected chi connectivity index (χ1v) is 11.2. The number of aromatic carboxylic acids is 1. The van der Waals surface area contributed by atoms with Gasteiger partial charge in [0.05, 0.1) is 17.9 Å². The second-order valence-corrected chi connectivity index (χ2v) is 9.00. The molecule has 0 spiro atoms. The zero-order chi connectivity index (χ0) is 23.2. The number of imidazole rings is 1. The molecule has 4 aromatic rings. The smallest absolute Gasteiger partial charge is 0.356 e. The highest BCUT2D eigenvalue weighted by Gasteiger charge is 2.26. The van der Waals surface area contributed by atoms with E-state index < -0.39 is 5.97 Å². The van der Waals surface area contributed by atoms with Crippen molar-refractivity contribution >= 4 is 55.8 Å². The minimum absolute atomic E-state index is 0.0101. The highest BCUT2D eigenvalue weighted by atomic mass is 79.9. The molecule has 9 heteroatoms. The molecule has 0 aliphatic heterocycles. The Labute approximate surface area is 198 Å². The first-order chi connectivity index (χ1) is 15.2. The van der Waals surface area contributed by atoms with Crippen LogP contribution in [0.2, 0.25) is 5.02 Å². The molecule has 0 saturated heterocycles. The molecule has 166 valence electrons. The molecule has 1 N–H and O–H groups in total. The minimum Gasteiger partial charge on any atom is -0.476 e. The summed E-state index contributed by atoms with van der Waals surface area (Å²) in [7, 11) is 0. The van der Waals surface area contributed by atoms with Crippen molar-refractivity contribution in [1.82, 2.24) is 14.7 Å². The van der Waals surface area contributed by atoms with Gasteiger partial charge in [0.1, 0.15) is 0 Å². The van der Waals surface area contributed by atoms with Crippen LogP contribution in [-0.2, 0) is 6.54 Å². The largest absolute Gasteiger partial charge is 0.476 e. The van der Waals surface area contributed by atoms with E-state index in [2.05, 4.69) is 31.0 Å². The minimum atomic E-state index is -1.07. The predicted octanol–water partition coefficient (Wildman–Crippen LogP) is 6.67. The van der Waals surface area contributed by atoms with Crippen molar-refractivity contribution in [3.63, 3.8) is 0 Å². The molecule has 0 atom stereocenters. The van der Waals surface area contributed by atoms with E-state index in [4.69, 9.17) is 16.1 Å². The normalized spacial score (nSPS) is 11.5.